The second-order valence-corrected chi connectivity index (χ2v) is 12.4. The zero-order valence-corrected chi connectivity index (χ0v) is 19.6. The Morgan fingerprint density at radius 3 is 2.12 bits per heavy atom. The predicted molar refractivity (Wildman–Crippen MR) is 121 cm³/mol. The van der Waals surface area contributed by atoms with Crippen molar-refractivity contribution in [1.82, 2.24) is 14.1 Å². The Kier molecular flexibility index (Phi) is 6.85. The molecule has 0 aliphatic carbocycles. The lowest BCUT2D eigenvalue weighted by molar-refractivity contribution is -0.138. The molecule has 2 aromatic rings. The molecule has 4 rings (SSSR count). The van der Waals surface area contributed by atoms with E-state index in [9.17, 15) is 26.0 Å². The van der Waals surface area contributed by atoms with Gasteiger partial charge < -0.3 is 4.90 Å². The number of sulfonamides is 1. The van der Waals surface area contributed by atoms with Crippen molar-refractivity contribution in [2.24, 2.45) is 0 Å². The normalized spacial score (nSPS) is 20.9. The number of piperazine rings is 1. The molecule has 0 saturated carbocycles. The second-order valence-electron chi connectivity index (χ2n) is 8.19. The number of amides is 1. The summed E-state index contributed by atoms with van der Waals surface area (Å²) in [6.07, 6.45) is 0. The van der Waals surface area contributed by atoms with Crippen LogP contribution in [-0.4, -0.2) is 87.6 Å². The molecule has 0 spiro atoms. The van der Waals surface area contributed by atoms with Gasteiger partial charge in [0.05, 0.1) is 16.4 Å². The summed E-state index contributed by atoms with van der Waals surface area (Å²) in [5, 5.41) is 0. The highest BCUT2D eigenvalue weighted by molar-refractivity contribution is 7.91. The van der Waals surface area contributed by atoms with Crippen LogP contribution in [0.3, 0.4) is 0 Å². The average molecular weight is 496 g/mol. The van der Waals surface area contributed by atoms with Crippen molar-refractivity contribution in [2.75, 3.05) is 50.8 Å². The third kappa shape index (κ3) is 5.26. The molecular formula is C22H26FN3O5S2. The molecule has 178 valence electrons. The molecule has 0 N–H and O–H groups in total. The summed E-state index contributed by atoms with van der Waals surface area (Å²) >= 11 is 0. The minimum absolute atomic E-state index is 0.00324. The summed E-state index contributed by atoms with van der Waals surface area (Å²) in [6.45, 7) is 1.12. The molecule has 2 saturated heterocycles. The fourth-order valence-electron chi connectivity index (χ4n) is 4.23. The number of rotatable bonds is 5. The highest BCUT2D eigenvalue weighted by Gasteiger charge is 2.37. The fourth-order valence-corrected chi connectivity index (χ4v) is 6.91. The predicted octanol–water partition coefficient (Wildman–Crippen LogP) is 1.13. The van der Waals surface area contributed by atoms with E-state index in [-0.39, 0.29) is 61.6 Å². The van der Waals surface area contributed by atoms with Crippen molar-refractivity contribution < 1.29 is 26.0 Å². The summed E-state index contributed by atoms with van der Waals surface area (Å²) in [7, 11) is -6.96. The molecule has 0 aromatic heterocycles. The van der Waals surface area contributed by atoms with Gasteiger partial charge in [0.2, 0.25) is 15.9 Å². The average Bonchev–Trinajstić information content (AvgIpc) is 2.81. The van der Waals surface area contributed by atoms with Gasteiger partial charge in [-0.25, -0.2) is 21.2 Å². The molecule has 33 heavy (non-hydrogen) atoms. The number of benzene rings is 2. The van der Waals surface area contributed by atoms with Crippen molar-refractivity contribution in [3.05, 3.63) is 66.0 Å². The monoisotopic (exact) mass is 495 g/mol. The molecule has 2 aromatic carbocycles. The van der Waals surface area contributed by atoms with Crippen molar-refractivity contribution in [2.45, 2.75) is 10.9 Å². The van der Waals surface area contributed by atoms with Gasteiger partial charge in [-0.2, -0.15) is 4.31 Å². The van der Waals surface area contributed by atoms with Crippen molar-refractivity contribution in [3.8, 4) is 0 Å². The molecule has 0 radical (unpaired) electrons. The molecule has 8 nitrogen and oxygen atoms in total. The summed E-state index contributed by atoms with van der Waals surface area (Å²) < 4.78 is 64.3. The zero-order valence-electron chi connectivity index (χ0n) is 18.0. The lowest BCUT2D eigenvalue weighted by atomic mass is 10.0. The quantitative estimate of drug-likeness (QED) is 0.617. The summed E-state index contributed by atoms with van der Waals surface area (Å²) in [5.41, 5.74) is 0.775. The first-order valence-corrected chi connectivity index (χ1v) is 14.0. The number of hydrogen-bond donors (Lipinski definition) is 0. The molecule has 2 heterocycles. The van der Waals surface area contributed by atoms with Crippen LogP contribution in [0.15, 0.2) is 59.5 Å². The molecule has 2 aliphatic heterocycles. The van der Waals surface area contributed by atoms with E-state index in [4.69, 9.17) is 0 Å². The van der Waals surface area contributed by atoms with Gasteiger partial charge in [-0.3, -0.25) is 9.69 Å². The Morgan fingerprint density at radius 2 is 1.52 bits per heavy atom. The van der Waals surface area contributed by atoms with E-state index in [1.807, 2.05) is 35.2 Å². The van der Waals surface area contributed by atoms with Crippen LogP contribution in [0.1, 0.15) is 11.6 Å². The van der Waals surface area contributed by atoms with Crippen LogP contribution in [0.5, 0.6) is 0 Å². The minimum atomic E-state index is -3.86. The van der Waals surface area contributed by atoms with Gasteiger partial charge in [-0.1, -0.05) is 36.4 Å². The van der Waals surface area contributed by atoms with Gasteiger partial charge in [0.15, 0.2) is 9.84 Å². The molecule has 11 heteroatoms. The first-order valence-electron chi connectivity index (χ1n) is 10.7. The largest absolute Gasteiger partial charge is 0.338 e. The van der Waals surface area contributed by atoms with E-state index >= 15 is 0 Å². The Bertz CT molecular complexity index is 1200. The maximum Gasteiger partial charge on any atom is 0.244 e. The number of sulfone groups is 1. The van der Waals surface area contributed by atoms with Crippen LogP contribution in [-0.2, 0) is 24.7 Å². The molecule has 2 aliphatic rings. The molecule has 1 amide bonds. The minimum Gasteiger partial charge on any atom is -0.338 e. The zero-order chi connectivity index (χ0) is 23.6. The molecule has 1 unspecified atom stereocenters. The van der Waals surface area contributed by atoms with Crippen molar-refractivity contribution >= 4 is 25.8 Å². The topological polar surface area (TPSA) is 95.1 Å². The summed E-state index contributed by atoms with van der Waals surface area (Å²) in [5.74, 6) is -0.797. The maximum atomic E-state index is 13.5. The maximum absolute atomic E-state index is 13.5. The van der Waals surface area contributed by atoms with Gasteiger partial charge in [0, 0.05) is 39.3 Å². The van der Waals surface area contributed by atoms with Crippen LogP contribution < -0.4 is 0 Å². The van der Waals surface area contributed by atoms with Crippen LogP contribution in [0.25, 0.3) is 0 Å². The fraction of sp³-hybridized carbons (Fsp3) is 0.409. The van der Waals surface area contributed by atoms with E-state index < -0.39 is 31.7 Å². The lowest BCUT2D eigenvalue weighted by Crippen LogP contribution is -2.54. The third-order valence-electron chi connectivity index (χ3n) is 6.08. The van der Waals surface area contributed by atoms with Gasteiger partial charge >= 0.3 is 0 Å². The Balaban J connectivity index is 1.49. The smallest absolute Gasteiger partial charge is 0.244 e. The number of carbonyl (C=O) groups is 1. The highest BCUT2D eigenvalue weighted by atomic mass is 32.2. The lowest BCUT2D eigenvalue weighted by Gasteiger charge is -2.39. The number of hydrogen-bond acceptors (Lipinski definition) is 6. The van der Waals surface area contributed by atoms with E-state index in [1.165, 1.54) is 22.5 Å². The molecule has 0 bridgehead atoms. The Labute approximate surface area is 193 Å². The number of carbonyl (C=O) groups excluding carboxylic acids is 1. The molecular weight excluding hydrogens is 469 g/mol. The van der Waals surface area contributed by atoms with E-state index in [0.717, 1.165) is 11.6 Å². The SMILES string of the molecule is O=C(C(c1ccccc1)N1CCS(=O)(=O)CC1)N1CCN(S(=O)(=O)c2cccc(F)c2)CC1. The number of nitrogens with zero attached hydrogens (tertiary/aromatic N) is 3. The van der Waals surface area contributed by atoms with Gasteiger partial charge in [0.25, 0.3) is 0 Å². The van der Waals surface area contributed by atoms with Crippen LogP contribution in [0.2, 0.25) is 0 Å². The number of halogens is 1. The first kappa shape index (κ1) is 23.8. The van der Waals surface area contributed by atoms with Crippen LogP contribution in [0.4, 0.5) is 4.39 Å². The van der Waals surface area contributed by atoms with Gasteiger partial charge in [-0.15, -0.1) is 0 Å². The molecule has 2 fully saturated rings. The van der Waals surface area contributed by atoms with Gasteiger partial charge in [0.1, 0.15) is 11.9 Å². The van der Waals surface area contributed by atoms with Crippen molar-refractivity contribution in [3.63, 3.8) is 0 Å². The first-order chi connectivity index (χ1) is 15.7. The van der Waals surface area contributed by atoms with E-state index in [0.29, 0.717) is 0 Å². The summed E-state index contributed by atoms with van der Waals surface area (Å²) in [4.78, 5) is 16.9. The highest BCUT2D eigenvalue weighted by Crippen LogP contribution is 2.27. The van der Waals surface area contributed by atoms with E-state index in [1.54, 1.807) is 4.90 Å². The Hall–Kier alpha value is -2.34. The van der Waals surface area contributed by atoms with Crippen LogP contribution in [0, 0.1) is 5.82 Å². The van der Waals surface area contributed by atoms with Gasteiger partial charge in [-0.05, 0) is 23.8 Å². The second kappa shape index (κ2) is 9.49. The standard InChI is InChI=1S/C22H26FN3O5S2/c23-19-7-4-8-20(17-19)33(30,31)26-11-9-25(10-12-26)22(27)21(18-5-2-1-3-6-18)24-13-15-32(28,29)16-14-24/h1-8,17,21H,9-16H2. The van der Waals surface area contributed by atoms with Crippen molar-refractivity contribution in [1.29, 1.82) is 0 Å². The Morgan fingerprint density at radius 1 is 0.879 bits per heavy atom. The van der Waals surface area contributed by atoms with E-state index in [2.05, 4.69) is 0 Å². The third-order valence-corrected chi connectivity index (χ3v) is 9.58. The van der Waals surface area contributed by atoms with Crippen LogP contribution >= 0.6 is 0 Å². The molecule has 1 atom stereocenters. The summed E-state index contributed by atoms with van der Waals surface area (Å²) in [6, 6.07) is 13.5.